The van der Waals surface area contributed by atoms with Crippen molar-refractivity contribution in [3.63, 3.8) is 0 Å². The molecule has 2 N–H and O–H groups in total. The van der Waals surface area contributed by atoms with Gasteiger partial charge in [0.15, 0.2) is 0 Å². The van der Waals surface area contributed by atoms with Crippen LogP contribution in [0, 0.1) is 5.82 Å². The Balaban J connectivity index is 1.91. The Bertz CT molecular complexity index is 853. The van der Waals surface area contributed by atoms with Gasteiger partial charge in [-0.25, -0.2) is 9.82 Å². The predicted molar refractivity (Wildman–Crippen MR) is 99.0 cm³/mol. The predicted octanol–water partition coefficient (Wildman–Crippen LogP) is 2.38. The molecule has 0 aromatic heterocycles. The van der Waals surface area contributed by atoms with Gasteiger partial charge in [0.25, 0.3) is 11.8 Å². The monoisotopic (exact) mass is 393 g/mol. The van der Waals surface area contributed by atoms with Crippen molar-refractivity contribution in [1.29, 1.82) is 0 Å². The molecule has 0 spiro atoms. The normalized spacial score (nSPS) is 10.5. The van der Waals surface area contributed by atoms with Crippen LogP contribution in [0.15, 0.2) is 41.5 Å². The van der Waals surface area contributed by atoms with Crippen LogP contribution in [0.5, 0.6) is 11.5 Å². The Labute approximate surface area is 160 Å². The van der Waals surface area contributed by atoms with Gasteiger partial charge in [-0.1, -0.05) is 17.7 Å². The molecule has 0 saturated heterocycles. The summed E-state index contributed by atoms with van der Waals surface area (Å²) in [5.74, 6) is -1.05. The zero-order valence-corrected chi connectivity index (χ0v) is 15.3. The van der Waals surface area contributed by atoms with Crippen molar-refractivity contribution >= 4 is 29.6 Å². The van der Waals surface area contributed by atoms with Crippen molar-refractivity contribution in [2.45, 2.75) is 0 Å². The van der Waals surface area contributed by atoms with Crippen LogP contribution >= 0.6 is 11.6 Å². The number of rotatable bonds is 7. The molecule has 0 unspecified atom stereocenters. The summed E-state index contributed by atoms with van der Waals surface area (Å²) in [6.07, 6.45) is 1.38. The maximum atomic E-state index is 13.7. The lowest BCUT2D eigenvalue weighted by molar-refractivity contribution is -0.120. The Kier molecular flexibility index (Phi) is 7.13. The first-order valence-electron chi connectivity index (χ1n) is 7.72. The van der Waals surface area contributed by atoms with E-state index in [1.165, 1.54) is 32.6 Å². The second-order valence-corrected chi connectivity index (χ2v) is 5.59. The lowest BCUT2D eigenvalue weighted by Gasteiger charge is -2.08. The molecule has 0 fully saturated rings. The Hall–Kier alpha value is -3.13. The largest absolute Gasteiger partial charge is 0.497 e. The molecule has 0 aliphatic carbocycles. The van der Waals surface area contributed by atoms with Crippen LogP contribution in [-0.4, -0.2) is 38.8 Å². The highest BCUT2D eigenvalue weighted by Crippen LogP contribution is 2.23. The van der Waals surface area contributed by atoms with Crippen LogP contribution in [0.3, 0.4) is 0 Å². The number of carbonyl (C=O) groups is 2. The number of benzene rings is 2. The van der Waals surface area contributed by atoms with Gasteiger partial charge in [-0.15, -0.1) is 0 Å². The number of ether oxygens (including phenoxy) is 2. The van der Waals surface area contributed by atoms with Crippen molar-refractivity contribution < 1.29 is 23.5 Å². The summed E-state index contributed by atoms with van der Waals surface area (Å²) in [6.45, 7) is -0.402. The molecule has 0 aliphatic heterocycles. The smallest absolute Gasteiger partial charge is 0.259 e. The average Bonchev–Trinajstić information content (AvgIpc) is 2.66. The number of carbonyl (C=O) groups excluding carboxylic acids is 2. The van der Waals surface area contributed by atoms with Gasteiger partial charge in [-0.3, -0.25) is 9.59 Å². The number of halogens is 2. The zero-order valence-electron chi connectivity index (χ0n) is 14.6. The number of amides is 2. The lowest BCUT2D eigenvalue weighted by Crippen LogP contribution is -2.35. The number of hydrazone groups is 1. The first kappa shape index (κ1) is 20.2. The summed E-state index contributed by atoms with van der Waals surface area (Å²) in [6, 6.07) is 8.95. The topological polar surface area (TPSA) is 89.0 Å². The third kappa shape index (κ3) is 5.42. The second-order valence-electron chi connectivity index (χ2n) is 5.18. The van der Waals surface area contributed by atoms with Gasteiger partial charge >= 0.3 is 0 Å². The highest BCUT2D eigenvalue weighted by Gasteiger charge is 2.16. The summed E-state index contributed by atoms with van der Waals surface area (Å²) in [7, 11) is 3.03. The molecule has 27 heavy (non-hydrogen) atoms. The fourth-order valence-corrected chi connectivity index (χ4v) is 2.35. The summed E-state index contributed by atoms with van der Waals surface area (Å²) >= 11 is 5.80. The van der Waals surface area contributed by atoms with Crippen LogP contribution in [0.25, 0.3) is 0 Å². The van der Waals surface area contributed by atoms with Gasteiger partial charge in [-0.2, -0.15) is 5.10 Å². The van der Waals surface area contributed by atoms with Crippen LogP contribution in [0.2, 0.25) is 5.02 Å². The minimum absolute atomic E-state index is 0.0440. The molecule has 2 rings (SSSR count). The molecule has 2 amide bonds. The molecule has 0 saturated carbocycles. The fraction of sp³-hybridized carbons (Fsp3) is 0.167. The average molecular weight is 394 g/mol. The van der Waals surface area contributed by atoms with Crippen molar-refractivity contribution in [1.82, 2.24) is 10.7 Å². The minimum Gasteiger partial charge on any atom is -0.497 e. The fourth-order valence-electron chi connectivity index (χ4n) is 2.10. The molecular weight excluding hydrogens is 377 g/mol. The number of nitrogens with one attached hydrogen (secondary N) is 2. The van der Waals surface area contributed by atoms with Gasteiger partial charge in [0.1, 0.15) is 17.3 Å². The van der Waals surface area contributed by atoms with Gasteiger partial charge in [-0.05, 0) is 24.3 Å². The first-order valence-corrected chi connectivity index (χ1v) is 8.10. The van der Waals surface area contributed by atoms with E-state index in [0.29, 0.717) is 17.1 Å². The number of hydrogen-bond donors (Lipinski definition) is 2. The molecule has 0 heterocycles. The van der Waals surface area contributed by atoms with Gasteiger partial charge in [0.05, 0.1) is 37.6 Å². The molecule has 7 nitrogen and oxygen atoms in total. The van der Waals surface area contributed by atoms with Crippen molar-refractivity contribution in [2.75, 3.05) is 20.8 Å². The maximum Gasteiger partial charge on any atom is 0.259 e. The summed E-state index contributed by atoms with van der Waals surface area (Å²) in [5, 5.41) is 6.03. The summed E-state index contributed by atoms with van der Waals surface area (Å²) in [5.41, 5.74) is 2.54. The highest BCUT2D eigenvalue weighted by molar-refractivity contribution is 6.33. The first-order chi connectivity index (χ1) is 13.0. The minimum atomic E-state index is -0.797. The molecule has 0 atom stereocenters. The molecule has 9 heteroatoms. The third-order valence-corrected chi connectivity index (χ3v) is 3.75. The van der Waals surface area contributed by atoms with E-state index in [0.717, 1.165) is 6.07 Å². The van der Waals surface area contributed by atoms with E-state index in [9.17, 15) is 14.0 Å². The lowest BCUT2D eigenvalue weighted by atomic mass is 10.2. The second kappa shape index (κ2) is 9.54. The SMILES string of the molecule is COc1ccc(/C=N\NC(=O)CNC(=O)c2c(F)cccc2Cl)c(OC)c1. The van der Waals surface area contributed by atoms with E-state index >= 15 is 0 Å². The van der Waals surface area contributed by atoms with Crippen LogP contribution < -0.4 is 20.2 Å². The van der Waals surface area contributed by atoms with Crippen LogP contribution in [0.4, 0.5) is 4.39 Å². The molecule has 2 aromatic carbocycles. The highest BCUT2D eigenvalue weighted by atomic mass is 35.5. The third-order valence-electron chi connectivity index (χ3n) is 3.43. The molecule has 142 valence electrons. The number of hydrogen-bond acceptors (Lipinski definition) is 5. The van der Waals surface area contributed by atoms with Crippen molar-refractivity contribution in [2.24, 2.45) is 5.10 Å². The number of nitrogens with zero attached hydrogens (tertiary/aromatic N) is 1. The summed E-state index contributed by atoms with van der Waals surface area (Å²) in [4.78, 5) is 23.7. The Morgan fingerprint density at radius 3 is 2.67 bits per heavy atom. The van der Waals surface area contributed by atoms with Crippen LogP contribution in [-0.2, 0) is 4.79 Å². The van der Waals surface area contributed by atoms with E-state index in [1.54, 1.807) is 18.2 Å². The Morgan fingerprint density at radius 2 is 2.00 bits per heavy atom. The molecular formula is C18H17ClFN3O4. The standard InChI is InChI=1S/C18H17ClFN3O4/c1-26-12-7-6-11(15(8-12)27-2)9-22-23-16(24)10-21-18(25)17-13(19)4-3-5-14(17)20/h3-9H,10H2,1-2H3,(H,21,25)(H,23,24)/b22-9-. The van der Waals surface area contributed by atoms with Gasteiger partial charge in [0.2, 0.25) is 0 Å². The van der Waals surface area contributed by atoms with E-state index in [-0.39, 0.29) is 10.6 Å². The van der Waals surface area contributed by atoms with Crippen molar-refractivity contribution in [3.8, 4) is 11.5 Å². The molecule has 0 aliphatic rings. The van der Waals surface area contributed by atoms with E-state index < -0.39 is 24.2 Å². The molecule has 0 bridgehead atoms. The molecule has 0 radical (unpaired) electrons. The van der Waals surface area contributed by atoms with E-state index in [1.807, 2.05) is 0 Å². The molecule has 2 aromatic rings. The van der Waals surface area contributed by atoms with Gasteiger partial charge < -0.3 is 14.8 Å². The number of methoxy groups -OCH3 is 2. The van der Waals surface area contributed by atoms with E-state index in [4.69, 9.17) is 21.1 Å². The van der Waals surface area contributed by atoms with Crippen LogP contribution in [0.1, 0.15) is 15.9 Å². The quantitative estimate of drug-likeness (QED) is 0.558. The van der Waals surface area contributed by atoms with E-state index in [2.05, 4.69) is 15.8 Å². The Morgan fingerprint density at radius 1 is 1.22 bits per heavy atom. The zero-order chi connectivity index (χ0) is 19.8. The maximum absolute atomic E-state index is 13.7. The summed E-state index contributed by atoms with van der Waals surface area (Å²) < 4.78 is 23.9. The van der Waals surface area contributed by atoms with Gasteiger partial charge in [0, 0.05) is 11.6 Å². The van der Waals surface area contributed by atoms with Crippen molar-refractivity contribution in [3.05, 3.63) is 58.4 Å².